The van der Waals surface area contributed by atoms with Gasteiger partial charge >= 0.3 is 0 Å². The van der Waals surface area contributed by atoms with Gasteiger partial charge in [0.15, 0.2) is 0 Å². The van der Waals surface area contributed by atoms with Crippen molar-refractivity contribution in [3.05, 3.63) is 50.6 Å². The number of hydrogen-bond donors (Lipinski definition) is 3. The number of hydrogen-bond acceptors (Lipinski definition) is 4. The van der Waals surface area contributed by atoms with Gasteiger partial charge in [-0.1, -0.05) is 0 Å². The lowest BCUT2D eigenvalue weighted by Crippen LogP contribution is -2.22. The lowest BCUT2D eigenvalue weighted by molar-refractivity contribution is 0.0951. The van der Waals surface area contributed by atoms with Crippen molar-refractivity contribution in [2.45, 2.75) is 6.54 Å². The Balaban J connectivity index is 1.94. The first-order valence-corrected chi connectivity index (χ1v) is 6.94. The van der Waals surface area contributed by atoms with Crippen molar-refractivity contribution in [2.24, 2.45) is 5.84 Å². The number of carbonyl (C=O) groups is 1. The number of anilines is 1. The highest BCUT2D eigenvalue weighted by atomic mass is 79.9. The zero-order valence-electron chi connectivity index (χ0n) is 9.44. The van der Waals surface area contributed by atoms with Crippen LogP contribution in [0.5, 0.6) is 0 Å². The summed E-state index contributed by atoms with van der Waals surface area (Å²) in [5, 5.41) is 4.85. The summed E-state index contributed by atoms with van der Waals surface area (Å²) in [6, 6.07) is 8.98. The Morgan fingerprint density at radius 3 is 2.61 bits per heavy atom. The molecule has 1 heterocycles. The van der Waals surface area contributed by atoms with Gasteiger partial charge in [-0.05, 0) is 46.3 Å². The summed E-state index contributed by atoms with van der Waals surface area (Å²) in [5.41, 5.74) is 3.91. The van der Waals surface area contributed by atoms with E-state index >= 15 is 0 Å². The molecule has 0 spiro atoms. The molecule has 0 aliphatic heterocycles. The fraction of sp³-hybridized carbons (Fsp3) is 0.0833. The quantitative estimate of drug-likeness (QED) is 0.598. The Kier molecular flexibility index (Phi) is 4.35. The number of nitrogens with two attached hydrogens (primary N) is 1. The summed E-state index contributed by atoms with van der Waals surface area (Å²) in [4.78, 5) is 13.0. The molecule has 2 rings (SSSR count). The maximum atomic E-state index is 11.9. The Morgan fingerprint density at radius 2 is 2.06 bits per heavy atom. The van der Waals surface area contributed by atoms with Crippen LogP contribution in [-0.4, -0.2) is 5.91 Å². The van der Waals surface area contributed by atoms with E-state index in [9.17, 15) is 4.79 Å². The van der Waals surface area contributed by atoms with E-state index in [-0.39, 0.29) is 5.91 Å². The number of amides is 1. The highest BCUT2D eigenvalue weighted by molar-refractivity contribution is 9.10. The average molecular weight is 326 g/mol. The van der Waals surface area contributed by atoms with Gasteiger partial charge in [0.05, 0.1) is 6.54 Å². The third-order valence-corrected chi connectivity index (χ3v) is 4.06. The molecule has 0 fully saturated rings. The van der Waals surface area contributed by atoms with E-state index in [2.05, 4.69) is 26.7 Å². The van der Waals surface area contributed by atoms with Gasteiger partial charge in [-0.25, -0.2) is 0 Å². The van der Waals surface area contributed by atoms with Crippen molar-refractivity contribution in [1.29, 1.82) is 0 Å². The summed E-state index contributed by atoms with van der Waals surface area (Å²) in [6.07, 6.45) is 0. The molecular weight excluding hydrogens is 314 g/mol. The van der Waals surface area contributed by atoms with Crippen LogP contribution >= 0.6 is 27.3 Å². The minimum atomic E-state index is -0.0944. The van der Waals surface area contributed by atoms with Gasteiger partial charge in [0.25, 0.3) is 5.91 Å². The van der Waals surface area contributed by atoms with Crippen LogP contribution in [-0.2, 0) is 6.54 Å². The molecule has 2 aromatic rings. The number of nitrogens with one attached hydrogen (secondary N) is 2. The Hall–Kier alpha value is -1.37. The zero-order chi connectivity index (χ0) is 13.0. The van der Waals surface area contributed by atoms with Crippen molar-refractivity contribution in [3.8, 4) is 0 Å². The molecule has 0 saturated carbocycles. The molecule has 18 heavy (non-hydrogen) atoms. The van der Waals surface area contributed by atoms with Gasteiger partial charge in [-0.3, -0.25) is 10.6 Å². The lowest BCUT2D eigenvalue weighted by atomic mass is 10.2. The van der Waals surface area contributed by atoms with E-state index in [1.54, 1.807) is 35.6 Å². The predicted octanol–water partition coefficient (Wildman–Crippen LogP) is 2.73. The molecule has 4 nitrogen and oxygen atoms in total. The first-order chi connectivity index (χ1) is 8.69. The summed E-state index contributed by atoms with van der Waals surface area (Å²) in [6.45, 7) is 0.534. The number of hydrazine groups is 1. The van der Waals surface area contributed by atoms with Gasteiger partial charge in [-0.15, -0.1) is 11.3 Å². The summed E-state index contributed by atoms with van der Waals surface area (Å²) in [5.74, 6) is 5.17. The molecule has 6 heteroatoms. The fourth-order valence-corrected chi connectivity index (χ4v) is 2.82. The molecule has 1 amide bonds. The molecule has 0 atom stereocenters. The van der Waals surface area contributed by atoms with E-state index in [0.29, 0.717) is 12.1 Å². The molecule has 0 radical (unpaired) electrons. The van der Waals surface area contributed by atoms with Crippen LogP contribution in [0.25, 0.3) is 0 Å². The van der Waals surface area contributed by atoms with E-state index in [1.807, 2.05) is 11.4 Å². The SMILES string of the molecule is NNc1ccc(C(=O)NCc2cc(Br)cs2)cc1. The Labute approximate surface area is 117 Å². The van der Waals surface area contributed by atoms with E-state index in [4.69, 9.17) is 5.84 Å². The smallest absolute Gasteiger partial charge is 0.251 e. The van der Waals surface area contributed by atoms with E-state index in [0.717, 1.165) is 15.0 Å². The Bertz CT molecular complexity index is 539. The highest BCUT2D eigenvalue weighted by Gasteiger charge is 2.05. The fourth-order valence-electron chi connectivity index (χ4n) is 1.43. The normalized spacial score (nSPS) is 10.1. The zero-order valence-corrected chi connectivity index (χ0v) is 11.8. The summed E-state index contributed by atoms with van der Waals surface area (Å²) >= 11 is 4.98. The molecule has 4 N–H and O–H groups in total. The largest absolute Gasteiger partial charge is 0.347 e. The van der Waals surface area contributed by atoms with Gasteiger partial charge in [-0.2, -0.15) is 0 Å². The van der Waals surface area contributed by atoms with Crippen LogP contribution in [0.4, 0.5) is 5.69 Å². The van der Waals surface area contributed by atoms with Crippen LogP contribution in [0.2, 0.25) is 0 Å². The topological polar surface area (TPSA) is 67.1 Å². The maximum absolute atomic E-state index is 11.9. The number of rotatable bonds is 4. The number of thiophene rings is 1. The molecule has 1 aromatic heterocycles. The second-order valence-corrected chi connectivity index (χ2v) is 5.55. The van der Waals surface area contributed by atoms with Crippen molar-refractivity contribution >= 4 is 38.9 Å². The summed E-state index contributed by atoms with van der Waals surface area (Å²) in [7, 11) is 0. The van der Waals surface area contributed by atoms with Crippen LogP contribution in [0.15, 0.2) is 40.2 Å². The number of halogens is 1. The third-order valence-electron chi connectivity index (χ3n) is 2.36. The van der Waals surface area contributed by atoms with Crippen LogP contribution in [0.3, 0.4) is 0 Å². The minimum absolute atomic E-state index is 0.0944. The molecule has 1 aromatic carbocycles. The average Bonchev–Trinajstić information content (AvgIpc) is 2.82. The molecule has 94 valence electrons. The first-order valence-electron chi connectivity index (χ1n) is 5.27. The summed E-state index contributed by atoms with van der Waals surface area (Å²) < 4.78 is 1.04. The van der Waals surface area contributed by atoms with Crippen LogP contribution < -0.4 is 16.6 Å². The van der Waals surface area contributed by atoms with Gasteiger partial charge in [0.2, 0.25) is 0 Å². The minimum Gasteiger partial charge on any atom is -0.347 e. The number of nitrogen functional groups attached to an aromatic ring is 1. The third kappa shape index (κ3) is 3.32. The van der Waals surface area contributed by atoms with E-state index < -0.39 is 0 Å². The second kappa shape index (κ2) is 5.99. The highest BCUT2D eigenvalue weighted by Crippen LogP contribution is 2.19. The first kappa shape index (κ1) is 13.1. The Morgan fingerprint density at radius 1 is 1.33 bits per heavy atom. The molecule has 0 saturated heterocycles. The monoisotopic (exact) mass is 325 g/mol. The maximum Gasteiger partial charge on any atom is 0.251 e. The molecule has 0 aliphatic carbocycles. The van der Waals surface area contributed by atoms with Crippen molar-refractivity contribution in [3.63, 3.8) is 0 Å². The van der Waals surface area contributed by atoms with Gasteiger partial charge < -0.3 is 10.7 Å². The van der Waals surface area contributed by atoms with Gasteiger partial charge in [0.1, 0.15) is 0 Å². The predicted molar refractivity (Wildman–Crippen MR) is 77.4 cm³/mol. The molecule has 0 unspecified atom stereocenters. The molecule has 0 aliphatic rings. The van der Waals surface area contributed by atoms with Crippen LogP contribution in [0, 0.1) is 0 Å². The number of carbonyl (C=O) groups excluding carboxylic acids is 1. The van der Waals surface area contributed by atoms with Crippen molar-refractivity contribution < 1.29 is 4.79 Å². The standard InChI is InChI=1S/C12H12BrN3OS/c13-9-5-11(18-7-9)6-15-12(17)8-1-3-10(16-14)4-2-8/h1-5,7,16H,6,14H2,(H,15,17). The van der Waals surface area contributed by atoms with E-state index in [1.165, 1.54) is 0 Å². The van der Waals surface area contributed by atoms with Crippen LogP contribution in [0.1, 0.15) is 15.2 Å². The lowest BCUT2D eigenvalue weighted by Gasteiger charge is -2.05. The van der Waals surface area contributed by atoms with Crippen molar-refractivity contribution in [1.82, 2.24) is 5.32 Å². The van der Waals surface area contributed by atoms with Crippen molar-refractivity contribution in [2.75, 3.05) is 5.43 Å². The number of benzene rings is 1. The second-order valence-electron chi connectivity index (χ2n) is 3.64. The van der Waals surface area contributed by atoms with Gasteiger partial charge in [0, 0.05) is 26.0 Å². The molecule has 0 bridgehead atoms. The molecular formula is C12H12BrN3OS.